The summed E-state index contributed by atoms with van der Waals surface area (Å²) in [5, 5.41) is 18.5. The van der Waals surface area contributed by atoms with Crippen molar-refractivity contribution in [3.63, 3.8) is 0 Å². The number of aromatic amines is 1. The summed E-state index contributed by atoms with van der Waals surface area (Å²) in [5.41, 5.74) is 7.45. The fourth-order valence-corrected chi connectivity index (χ4v) is 6.52. The number of amides is 6. The van der Waals surface area contributed by atoms with E-state index in [4.69, 9.17) is 15.2 Å². The Hall–Kier alpha value is -7.00. The molecule has 6 amide bonds. The van der Waals surface area contributed by atoms with Crippen LogP contribution in [0.25, 0.3) is 10.9 Å². The molecule has 0 aliphatic heterocycles. The average Bonchev–Trinajstić information content (AvgIpc) is 3.65. The van der Waals surface area contributed by atoms with Gasteiger partial charge in [0.2, 0.25) is 5.91 Å². The van der Waals surface area contributed by atoms with Crippen LogP contribution in [0.2, 0.25) is 0 Å². The quantitative estimate of drug-likeness (QED) is 0.0632. The van der Waals surface area contributed by atoms with Gasteiger partial charge in [-0.1, -0.05) is 78.9 Å². The van der Waals surface area contributed by atoms with Crippen LogP contribution in [0.15, 0.2) is 115 Å². The fraction of sp³-hybridized carbons (Fsp3) is 0.304. The van der Waals surface area contributed by atoms with E-state index in [1.54, 1.807) is 69.4 Å². The number of hydrogen-bond donors (Lipinski definition) is 6. The Morgan fingerprint density at radius 2 is 1.41 bits per heavy atom. The van der Waals surface area contributed by atoms with Crippen LogP contribution in [0.5, 0.6) is 5.75 Å². The van der Waals surface area contributed by atoms with Crippen LogP contribution >= 0.6 is 0 Å². The van der Waals surface area contributed by atoms with Gasteiger partial charge in [0.15, 0.2) is 0 Å². The molecule has 0 saturated heterocycles. The number of nitrogens with one attached hydrogen (secondary N) is 4. The molecule has 4 aromatic carbocycles. The van der Waals surface area contributed by atoms with E-state index in [0.29, 0.717) is 28.9 Å². The summed E-state index contributed by atoms with van der Waals surface area (Å²) in [6.07, 6.45) is 0.0198. The summed E-state index contributed by atoms with van der Waals surface area (Å²) < 4.78 is 11.2. The van der Waals surface area contributed by atoms with Gasteiger partial charge in [0, 0.05) is 35.5 Å². The molecule has 0 spiro atoms. The molecule has 0 aliphatic carbocycles. The maximum atomic E-state index is 15.0. The first-order valence-corrected chi connectivity index (χ1v) is 20.0. The monoisotopic (exact) mass is 832 g/mol. The third-order valence-corrected chi connectivity index (χ3v) is 9.56. The molecule has 0 bridgehead atoms. The van der Waals surface area contributed by atoms with E-state index < -0.39 is 59.5 Å². The maximum absolute atomic E-state index is 15.0. The summed E-state index contributed by atoms with van der Waals surface area (Å²) >= 11 is 0. The van der Waals surface area contributed by atoms with Gasteiger partial charge in [-0.05, 0) is 93.6 Å². The van der Waals surface area contributed by atoms with Gasteiger partial charge in [0.25, 0.3) is 17.7 Å². The molecule has 1 aromatic heterocycles. The first-order valence-electron chi connectivity index (χ1n) is 20.0. The molecule has 0 unspecified atom stereocenters. The predicted molar refractivity (Wildman–Crippen MR) is 228 cm³/mol. The Morgan fingerprint density at radius 3 is 2.08 bits per heavy atom. The minimum Gasteiger partial charge on any atom is -0.508 e. The third kappa shape index (κ3) is 13.2. The number of unbranched alkanes of at least 4 members (excludes halogenated alkanes) is 1. The normalized spacial score (nSPS) is 12.7. The first-order chi connectivity index (χ1) is 29.2. The van der Waals surface area contributed by atoms with Gasteiger partial charge in [-0.3, -0.25) is 24.5 Å². The highest BCUT2D eigenvalue weighted by Crippen LogP contribution is 2.22. The molecule has 15 nitrogen and oxygen atoms in total. The maximum Gasteiger partial charge on any atom is 0.417 e. The average molecular weight is 833 g/mol. The number of H-pyrrole nitrogens is 1. The molecule has 61 heavy (non-hydrogen) atoms. The van der Waals surface area contributed by atoms with E-state index in [1.165, 1.54) is 36.4 Å². The Kier molecular flexibility index (Phi) is 15.8. The molecule has 5 aromatic rings. The number of nitrogens with two attached hydrogens (primary N) is 1. The Bertz CT molecular complexity index is 2270. The number of fused-ring (bicyclic) bond motifs is 1. The van der Waals surface area contributed by atoms with Crippen molar-refractivity contribution in [3.8, 4) is 5.75 Å². The molecule has 5 rings (SSSR count). The molecule has 320 valence electrons. The number of imide groups is 2. The van der Waals surface area contributed by atoms with Gasteiger partial charge >= 0.3 is 12.2 Å². The first kappa shape index (κ1) is 45.1. The highest BCUT2D eigenvalue weighted by Gasteiger charge is 2.42. The van der Waals surface area contributed by atoms with Gasteiger partial charge in [-0.15, -0.1) is 0 Å². The number of ether oxygens (including phenoxy) is 2. The van der Waals surface area contributed by atoms with Gasteiger partial charge in [-0.25, -0.2) is 14.5 Å². The zero-order valence-corrected chi connectivity index (χ0v) is 34.4. The number of alkyl carbamates (subject to hydrolysis) is 1. The van der Waals surface area contributed by atoms with Crippen molar-refractivity contribution < 1.29 is 43.3 Å². The lowest BCUT2D eigenvalue weighted by atomic mass is 10.0. The largest absolute Gasteiger partial charge is 0.508 e. The van der Waals surface area contributed by atoms with E-state index in [-0.39, 0.29) is 43.7 Å². The van der Waals surface area contributed by atoms with Crippen molar-refractivity contribution in [2.45, 2.75) is 83.2 Å². The molecule has 1 heterocycles. The van der Waals surface area contributed by atoms with E-state index in [0.717, 1.165) is 16.5 Å². The molecule has 15 heteroatoms. The number of rotatable bonds is 17. The van der Waals surface area contributed by atoms with E-state index in [9.17, 15) is 33.9 Å². The molecule has 3 atom stereocenters. The highest BCUT2D eigenvalue weighted by atomic mass is 16.6. The van der Waals surface area contributed by atoms with Crippen molar-refractivity contribution in [3.05, 3.63) is 138 Å². The minimum atomic E-state index is -1.69. The zero-order valence-electron chi connectivity index (χ0n) is 34.4. The van der Waals surface area contributed by atoms with Crippen LogP contribution in [0.1, 0.15) is 67.1 Å². The van der Waals surface area contributed by atoms with Crippen LogP contribution in [0.4, 0.5) is 9.59 Å². The molecule has 7 N–H and O–H groups in total. The van der Waals surface area contributed by atoms with Crippen LogP contribution in [-0.2, 0) is 43.3 Å². The Balaban J connectivity index is 1.51. The highest BCUT2D eigenvalue weighted by molar-refractivity contribution is 6.09. The lowest BCUT2D eigenvalue weighted by Gasteiger charge is -2.34. The van der Waals surface area contributed by atoms with Crippen molar-refractivity contribution in [2.24, 2.45) is 5.73 Å². The van der Waals surface area contributed by atoms with Gasteiger partial charge in [0.1, 0.15) is 36.1 Å². The SMILES string of the molecule is CC(C)(C)OC(=O)N(C(=O)[C@H](CCCCN)NC(=O)[C@H](Cc1c[nH]c2ccccc12)NC(=O)OCc1ccccc1)[C@@H](Cc1ccc(O)cc1)C(=O)NC(=O)c1ccccc1. The topological polar surface area (TPSA) is 222 Å². The number of para-hydroxylation sites is 1. The standard InChI is InChI=1S/C46H52N6O9/c1-46(2,3)61-45(59)52(39(26-30-21-23-34(53)24-22-30)42(56)51-40(54)32-16-8-5-9-17-32)43(57)37(20-12-13-25-47)49-41(55)38(27-33-28-48-36-19-11-10-18-35(33)36)50-44(58)60-29-31-14-6-4-7-15-31/h4-11,14-19,21-24,28,37-39,48,53H,12-13,20,25-27,29,47H2,1-3H3,(H,49,55)(H,50,58)(H,51,54,56)/t37-,38-,39-/m0/s1. The molecule has 0 saturated carbocycles. The number of carbonyl (C=O) groups excluding carboxylic acids is 6. The number of benzene rings is 4. The minimum absolute atomic E-state index is 0.0245. The van der Waals surface area contributed by atoms with Gasteiger partial charge < -0.3 is 35.9 Å². The summed E-state index contributed by atoms with van der Waals surface area (Å²) in [7, 11) is 0. The van der Waals surface area contributed by atoms with E-state index in [2.05, 4.69) is 20.9 Å². The second kappa shape index (κ2) is 21.3. The van der Waals surface area contributed by atoms with Crippen LogP contribution < -0.4 is 21.7 Å². The van der Waals surface area contributed by atoms with E-state index in [1.807, 2.05) is 30.3 Å². The number of hydrogen-bond acceptors (Lipinski definition) is 10. The van der Waals surface area contributed by atoms with Crippen molar-refractivity contribution in [2.75, 3.05) is 6.54 Å². The third-order valence-electron chi connectivity index (χ3n) is 9.56. The van der Waals surface area contributed by atoms with Gasteiger partial charge in [-0.2, -0.15) is 0 Å². The number of phenols is 1. The summed E-state index contributed by atoms with van der Waals surface area (Å²) in [6, 6.07) is 25.6. The fourth-order valence-electron chi connectivity index (χ4n) is 6.52. The zero-order chi connectivity index (χ0) is 43.9. The molecule has 0 radical (unpaired) electrons. The summed E-state index contributed by atoms with van der Waals surface area (Å²) in [4.78, 5) is 88.3. The van der Waals surface area contributed by atoms with E-state index >= 15 is 0 Å². The number of nitrogens with zero attached hydrogens (tertiary/aromatic N) is 1. The summed E-state index contributed by atoms with van der Waals surface area (Å²) in [6.45, 7) is 4.94. The van der Waals surface area contributed by atoms with Crippen LogP contribution in [0.3, 0.4) is 0 Å². The number of phenolic OH excluding ortho intramolecular Hbond substituents is 1. The number of carbonyl (C=O) groups is 6. The van der Waals surface area contributed by atoms with Gasteiger partial charge in [0.05, 0.1) is 0 Å². The number of aromatic nitrogens is 1. The van der Waals surface area contributed by atoms with Crippen molar-refractivity contribution in [1.29, 1.82) is 0 Å². The predicted octanol–water partition coefficient (Wildman–Crippen LogP) is 5.66. The Labute approximate surface area is 354 Å². The van der Waals surface area contributed by atoms with Crippen molar-refractivity contribution >= 4 is 46.7 Å². The molecule has 0 fully saturated rings. The molecular weight excluding hydrogens is 781 g/mol. The molecular formula is C46H52N6O9. The lowest BCUT2D eigenvalue weighted by Crippen LogP contribution is -2.61. The van der Waals surface area contributed by atoms with Crippen molar-refractivity contribution in [1.82, 2.24) is 25.8 Å². The van der Waals surface area contributed by atoms with Crippen LogP contribution in [0, 0.1) is 0 Å². The Morgan fingerprint density at radius 1 is 0.754 bits per heavy atom. The summed E-state index contributed by atoms with van der Waals surface area (Å²) in [5.74, 6) is -3.64. The molecule has 0 aliphatic rings. The second-order valence-electron chi connectivity index (χ2n) is 15.4. The lowest BCUT2D eigenvalue weighted by molar-refractivity contribution is -0.142. The smallest absolute Gasteiger partial charge is 0.417 e. The second-order valence-corrected chi connectivity index (χ2v) is 15.4. The number of aromatic hydroxyl groups is 1. The van der Waals surface area contributed by atoms with Crippen LogP contribution in [-0.4, -0.2) is 81.1 Å².